The third kappa shape index (κ3) is 7.70. The zero-order valence-corrected chi connectivity index (χ0v) is 10.0. The van der Waals surface area contributed by atoms with Crippen LogP contribution in [0.4, 0.5) is 0 Å². The summed E-state index contributed by atoms with van der Waals surface area (Å²) < 4.78 is 10.1. The SMILES string of the molecule is ClP(OCCBr)OCCBr. The predicted molar refractivity (Wildman–Crippen MR) is 52.3 cm³/mol. The Morgan fingerprint density at radius 1 is 1.10 bits per heavy atom. The topological polar surface area (TPSA) is 18.5 Å². The van der Waals surface area contributed by atoms with E-state index in [-0.39, 0.29) is 0 Å². The van der Waals surface area contributed by atoms with Crippen molar-refractivity contribution < 1.29 is 9.05 Å². The normalized spacial score (nSPS) is 10.8. The molecule has 0 aliphatic carbocycles. The third-order valence-electron chi connectivity index (χ3n) is 0.540. The van der Waals surface area contributed by atoms with Gasteiger partial charge >= 0.3 is 0 Å². The van der Waals surface area contributed by atoms with Crippen molar-refractivity contribution in [2.24, 2.45) is 0 Å². The molecule has 0 bridgehead atoms. The van der Waals surface area contributed by atoms with Crippen molar-refractivity contribution in [1.29, 1.82) is 0 Å². The summed E-state index contributed by atoms with van der Waals surface area (Å²) in [7, 11) is -1.18. The lowest BCUT2D eigenvalue weighted by Crippen LogP contribution is -1.92. The van der Waals surface area contributed by atoms with Gasteiger partial charge in [-0.15, -0.1) is 0 Å². The van der Waals surface area contributed by atoms with Crippen molar-refractivity contribution in [1.82, 2.24) is 0 Å². The molecular weight excluding hydrogens is 306 g/mol. The second-order valence-electron chi connectivity index (χ2n) is 1.26. The van der Waals surface area contributed by atoms with E-state index in [1.54, 1.807) is 0 Å². The van der Waals surface area contributed by atoms with E-state index in [0.29, 0.717) is 13.2 Å². The minimum Gasteiger partial charge on any atom is -0.321 e. The molecule has 10 heavy (non-hydrogen) atoms. The molecule has 0 saturated carbocycles. The summed E-state index contributed by atoms with van der Waals surface area (Å²) in [6.45, 7) is 1.19. The van der Waals surface area contributed by atoms with E-state index >= 15 is 0 Å². The maximum Gasteiger partial charge on any atom is 0.276 e. The van der Waals surface area contributed by atoms with E-state index in [9.17, 15) is 0 Å². The number of hydrogen-bond acceptors (Lipinski definition) is 2. The minimum absolute atomic E-state index is 0.595. The minimum atomic E-state index is -1.18. The Morgan fingerprint density at radius 3 is 1.80 bits per heavy atom. The summed E-state index contributed by atoms with van der Waals surface area (Å²) in [5.41, 5.74) is 0. The van der Waals surface area contributed by atoms with Crippen molar-refractivity contribution in [3.05, 3.63) is 0 Å². The summed E-state index contributed by atoms with van der Waals surface area (Å²) >= 11 is 12.0. The number of halogens is 3. The summed E-state index contributed by atoms with van der Waals surface area (Å²) in [6, 6.07) is 0. The van der Waals surface area contributed by atoms with Crippen LogP contribution in [0, 0.1) is 0 Å². The largest absolute Gasteiger partial charge is 0.321 e. The standard InChI is InChI=1S/C4H8Br2ClO2P/c5-1-3-8-10(7)9-4-2-6/h1-4H2. The van der Waals surface area contributed by atoms with Crippen LogP contribution in [0.2, 0.25) is 0 Å². The van der Waals surface area contributed by atoms with Gasteiger partial charge in [-0.3, -0.25) is 0 Å². The first-order valence-corrected chi connectivity index (χ1v) is 6.97. The number of hydrogen-bond donors (Lipinski definition) is 0. The Hall–Kier alpha value is 1.60. The van der Waals surface area contributed by atoms with Gasteiger partial charge in [0.2, 0.25) is 0 Å². The molecule has 0 aromatic heterocycles. The fourth-order valence-corrected chi connectivity index (χ4v) is 2.03. The van der Waals surface area contributed by atoms with Crippen molar-refractivity contribution in [2.45, 2.75) is 0 Å². The highest BCUT2D eigenvalue weighted by atomic mass is 79.9. The molecule has 0 rings (SSSR count). The lowest BCUT2D eigenvalue weighted by atomic mass is 10.9. The van der Waals surface area contributed by atoms with Crippen molar-refractivity contribution in [2.75, 3.05) is 23.9 Å². The summed E-state index contributed by atoms with van der Waals surface area (Å²) in [5.74, 6) is 0. The highest BCUT2D eigenvalue weighted by molar-refractivity contribution is 9.09. The molecule has 6 heteroatoms. The molecule has 0 fully saturated rings. The Balaban J connectivity index is 3.00. The van der Waals surface area contributed by atoms with Crippen molar-refractivity contribution >= 4 is 50.8 Å². The fraction of sp³-hybridized carbons (Fsp3) is 1.00. The van der Waals surface area contributed by atoms with Crippen molar-refractivity contribution in [3.8, 4) is 0 Å². The van der Waals surface area contributed by atoms with Crippen LogP contribution in [-0.2, 0) is 9.05 Å². The van der Waals surface area contributed by atoms with Crippen LogP contribution in [0.25, 0.3) is 0 Å². The summed E-state index contributed by atoms with van der Waals surface area (Å²) in [6.07, 6.45) is 0. The molecule has 0 N–H and O–H groups in total. The quantitative estimate of drug-likeness (QED) is 0.553. The van der Waals surface area contributed by atoms with Crippen LogP contribution in [0.3, 0.4) is 0 Å². The van der Waals surface area contributed by atoms with Crippen LogP contribution in [0.1, 0.15) is 0 Å². The van der Waals surface area contributed by atoms with Gasteiger partial charge < -0.3 is 9.05 Å². The van der Waals surface area contributed by atoms with Crippen molar-refractivity contribution in [3.63, 3.8) is 0 Å². The monoisotopic (exact) mass is 312 g/mol. The van der Waals surface area contributed by atoms with Crippen LogP contribution < -0.4 is 0 Å². The summed E-state index contributed by atoms with van der Waals surface area (Å²) in [5, 5.41) is 1.58. The maximum absolute atomic E-state index is 5.62. The molecule has 0 heterocycles. The zero-order valence-electron chi connectivity index (χ0n) is 5.23. The molecule has 0 radical (unpaired) electrons. The molecule has 0 spiro atoms. The molecule has 0 amide bonds. The lowest BCUT2D eigenvalue weighted by Gasteiger charge is -2.07. The summed E-state index contributed by atoms with van der Waals surface area (Å²) in [4.78, 5) is 0. The molecule has 0 aromatic carbocycles. The van der Waals surface area contributed by atoms with E-state index in [4.69, 9.17) is 20.3 Å². The van der Waals surface area contributed by atoms with E-state index in [1.165, 1.54) is 0 Å². The first-order valence-electron chi connectivity index (χ1n) is 2.65. The van der Waals surface area contributed by atoms with Crippen LogP contribution in [0.15, 0.2) is 0 Å². The molecule has 0 atom stereocenters. The fourth-order valence-electron chi connectivity index (χ4n) is 0.250. The Kier molecular flexibility index (Phi) is 10.1. The molecule has 62 valence electrons. The van der Waals surface area contributed by atoms with E-state index in [1.807, 2.05) is 0 Å². The molecule has 2 nitrogen and oxygen atoms in total. The van der Waals surface area contributed by atoms with Gasteiger partial charge in [-0.25, -0.2) is 0 Å². The first-order chi connectivity index (χ1) is 4.81. The molecule has 0 unspecified atom stereocenters. The molecule has 0 saturated heterocycles. The average Bonchev–Trinajstić information content (AvgIpc) is 1.97. The maximum atomic E-state index is 5.62. The van der Waals surface area contributed by atoms with Gasteiger partial charge in [0.25, 0.3) is 7.73 Å². The molecule has 0 aliphatic rings. The molecule has 0 aromatic rings. The highest BCUT2D eigenvalue weighted by Crippen LogP contribution is 2.43. The van der Waals surface area contributed by atoms with E-state index < -0.39 is 7.73 Å². The van der Waals surface area contributed by atoms with Gasteiger partial charge in [0.1, 0.15) is 0 Å². The second kappa shape index (κ2) is 8.69. The predicted octanol–water partition coefficient (Wildman–Crippen LogP) is 3.28. The smallest absolute Gasteiger partial charge is 0.276 e. The third-order valence-corrected chi connectivity index (χ3v) is 2.54. The second-order valence-corrected chi connectivity index (χ2v) is 4.61. The van der Waals surface area contributed by atoms with Gasteiger partial charge in [-0.1, -0.05) is 31.9 Å². The van der Waals surface area contributed by atoms with Crippen LogP contribution in [0.5, 0.6) is 0 Å². The zero-order chi connectivity index (χ0) is 7.82. The van der Waals surface area contributed by atoms with Crippen LogP contribution >= 0.6 is 50.8 Å². The molecular formula is C4H8Br2ClO2P. The van der Waals surface area contributed by atoms with Gasteiger partial charge in [-0.05, 0) is 11.2 Å². The lowest BCUT2D eigenvalue weighted by molar-refractivity contribution is 0.286. The molecule has 0 aliphatic heterocycles. The number of alkyl halides is 2. The van der Waals surface area contributed by atoms with Gasteiger partial charge in [0.15, 0.2) is 0 Å². The highest BCUT2D eigenvalue weighted by Gasteiger charge is 2.03. The Labute approximate surface area is 83.6 Å². The number of rotatable bonds is 6. The first kappa shape index (κ1) is 11.6. The van der Waals surface area contributed by atoms with E-state index in [0.717, 1.165) is 10.7 Å². The Morgan fingerprint density at radius 2 is 1.50 bits per heavy atom. The van der Waals surface area contributed by atoms with Gasteiger partial charge in [-0.2, -0.15) is 0 Å². The van der Waals surface area contributed by atoms with Gasteiger partial charge in [0, 0.05) is 10.7 Å². The van der Waals surface area contributed by atoms with Gasteiger partial charge in [0.05, 0.1) is 13.2 Å². The average molecular weight is 314 g/mol. The Bertz CT molecular complexity index is 70.3. The van der Waals surface area contributed by atoms with E-state index in [2.05, 4.69) is 31.9 Å². The van der Waals surface area contributed by atoms with Crippen LogP contribution in [-0.4, -0.2) is 23.9 Å².